The highest BCUT2D eigenvalue weighted by Gasteiger charge is 2.28. The fraction of sp³-hybridized carbons (Fsp3) is 0.462. The molecule has 0 aliphatic rings. The second-order valence-corrected chi connectivity index (χ2v) is 6.25. The Balaban J connectivity index is 3.24. The van der Waals surface area contributed by atoms with Crippen LogP contribution in [0.5, 0.6) is 0 Å². The lowest BCUT2D eigenvalue weighted by Crippen LogP contribution is -2.08. The van der Waals surface area contributed by atoms with Crippen LogP contribution in [0.15, 0.2) is 18.2 Å². The number of nitrogens with zero attached hydrogens (tertiary/aromatic N) is 1. The molecule has 0 radical (unpaired) electrons. The molecular weight excluding hydrogens is 313 g/mol. The summed E-state index contributed by atoms with van der Waals surface area (Å²) in [4.78, 5) is 22.0. The van der Waals surface area contributed by atoms with Gasteiger partial charge in [0.1, 0.15) is 0 Å². The second kappa shape index (κ2) is 8.03. The quantitative estimate of drug-likeness (QED) is 0.312. The predicted molar refractivity (Wildman–Crippen MR) is 79.0 cm³/mol. The van der Waals surface area contributed by atoms with Crippen LogP contribution >= 0.6 is 7.60 Å². The zero-order valence-corrected chi connectivity index (χ0v) is 13.5. The maximum atomic E-state index is 12.5. The molecule has 22 heavy (non-hydrogen) atoms. The highest BCUT2D eigenvalue weighted by Crippen LogP contribution is 2.51. The molecule has 1 rings (SSSR count). The van der Waals surface area contributed by atoms with Gasteiger partial charge in [0.15, 0.2) is 0 Å². The number of hydrogen-bond acceptors (Lipinski definition) is 7. The van der Waals surface area contributed by atoms with Gasteiger partial charge in [0, 0.05) is 12.1 Å². The largest absolute Gasteiger partial charge is 0.465 e. The lowest BCUT2D eigenvalue weighted by atomic mass is 10.1. The normalized spacial score (nSPS) is 11.2. The van der Waals surface area contributed by atoms with Crippen molar-refractivity contribution in [1.29, 1.82) is 0 Å². The smallest absolute Gasteiger partial charge is 0.338 e. The van der Waals surface area contributed by atoms with Crippen LogP contribution in [0.3, 0.4) is 0 Å². The Morgan fingerprint density at radius 3 is 2.32 bits per heavy atom. The average molecular weight is 331 g/mol. The first-order valence-electron chi connectivity index (χ1n) is 6.60. The van der Waals surface area contributed by atoms with E-state index in [1.165, 1.54) is 12.1 Å². The summed E-state index contributed by atoms with van der Waals surface area (Å²) < 4.78 is 27.5. The van der Waals surface area contributed by atoms with Gasteiger partial charge in [0.2, 0.25) is 0 Å². The first-order chi connectivity index (χ1) is 10.4. The van der Waals surface area contributed by atoms with Crippen LogP contribution in [-0.2, 0) is 24.5 Å². The molecule has 8 nitrogen and oxygen atoms in total. The zero-order chi connectivity index (χ0) is 16.8. The molecule has 9 heteroatoms. The van der Waals surface area contributed by atoms with E-state index in [1.807, 2.05) is 0 Å². The number of rotatable bonds is 8. The number of nitro groups is 1. The van der Waals surface area contributed by atoms with Crippen molar-refractivity contribution in [3.63, 3.8) is 0 Å². The zero-order valence-electron chi connectivity index (χ0n) is 12.6. The van der Waals surface area contributed by atoms with Crippen molar-refractivity contribution in [2.75, 3.05) is 20.3 Å². The summed E-state index contributed by atoms with van der Waals surface area (Å²) in [5.74, 6) is -0.752. The van der Waals surface area contributed by atoms with Gasteiger partial charge in [-0.1, -0.05) is 6.07 Å². The van der Waals surface area contributed by atoms with Crippen LogP contribution in [0.2, 0.25) is 0 Å². The molecule has 0 amide bonds. The van der Waals surface area contributed by atoms with Gasteiger partial charge in [-0.3, -0.25) is 14.7 Å². The monoisotopic (exact) mass is 331 g/mol. The minimum atomic E-state index is -3.43. The van der Waals surface area contributed by atoms with Gasteiger partial charge in [0.05, 0.1) is 37.0 Å². The molecule has 0 saturated heterocycles. The van der Waals surface area contributed by atoms with Crippen molar-refractivity contribution in [3.8, 4) is 0 Å². The molecule has 0 aromatic heterocycles. The highest BCUT2D eigenvalue weighted by molar-refractivity contribution is 7.53. The van der Waals surface area contributed by atoms with Crippen molar-refractivity contribution in [3.05, 3.63) is 39.4 Å². The minimum absolute atomic E-state index is 0.0312. The number of nitro benzene ring substituents is 1. The number of benzene rings is 1. The van der Waals surface area contributed by atoms with E-state index < -0.39 is 18.5 Å². The van der Waals surface area contributed by atoms with E-state index in [-0.39, 0.29) is 30.6 Å². The molecule has 0 atom stereocenters. The lowest BCUT2D eigenvalue weighted by Gasteiger charge is -2.18. The maximum absolute atomic E-state index is 12.5. The van der Waals surface area contributed by atoms with Crippen molar-refractivity contribution in [2.24, 2.45) is 0 Å². The molecule has 1 aromatic rings. The Kier molecular flexibility index (Phi) is 6.67. The Morgan fingerprint density at radius 2 is 1.86 bits per heavy atom. The summed E-state index contributed by atoms with van der Waals surface area (Å²) in [7, 11) is -2.27. The molecule has 0 N–H and O–H groups in total. The number of hydrogen-bond donors (Lipinski definition) is 0. The maximum Gasteiger partial charge on any atom is 0.338 e. The molecule has 0 aliphatic heterocycles. The van der Waals surface area contributed by atoms with Crippen LogP contribution in [0.1, 0.15) is 29.8 Å². The van der Waals surface area contributed by atoms with E-state index in [0.29, 0.717) is 5.56 Å². The van der Waals surface area contributed by atoms with Gasteiger partial charge in [-0.15, -0.1) is 0 Å². The highest BCUT2D eigenvalue weighted by atomic mass is 31.2. The number of non-ortho nitro benzene ring substituents is 1. The predicted octanol–water partition coefficient (Wildman–Crippen LogP) is 3.15. The van der Waals surface area contributed by atoms with Crippen LogP contribution in [0.4, 0.5) is 5.69 Å². The molecule has 0 spiro atoms. The third kappa shape index (κ3) is 4.62. The Bertz CT molecular complexity index is 592. The molecule has 0 unspecified atom stereocenters. The van der Waals surface area contributed by atoms with Crippen LogP contribution in [0, 0.1) is 10.1 Å². The van der Waals surface area contributed by atoms with E-state index >= 15 is 0 Å². The van der Waals surface area contributed by atoms with Gasteiger partial charge >= 0.3 is 13.6 Å². The SMILES string of the molecule is CCOP(=O)(Cc1ccc([N+](=O)[O-])cc1C(=O)OC)OCC. The fourth-order valence-electron chi connectivity index (χ4n) is 1.85. The van der Waals surface area contributed by atoms with Gasteiger partial charge in [-0.2, -0.15) is 0 Å². The third-order valence-electron chi connectivity index (χ3n) is 2.73. The molecule has 0 heterocycles. The number of esters is 1. The van der Waals surface area contributed by atoms with Crippen molar-refractivity contribution < 1.29 is 28.1 Å². The van der Waals surface area contributed by atoms with E-state index in [0.717, 1.165) is 13.2 Å². The summed E-state index contributed by atoms with van der Waals surface area (Å²) in [5, 5.41) is 10.8. The first-order valence-corrected chi connectivity index (χ1v) is 8.33. The summed E-state index contributed by atoms with van der Waals surface area (Å²) in [6, 6.07) is 3.67. The summed E-state index contributed by atoms with van der Waals surface area (Å²) in [6.45, 7) is 3.70. The summed E-state index contributed by atoms with van der Waals surface area (Å²) in [6.07, 6.45) is -0.170. The number of carbonyl (C=O) groups excluding carboxylic acids is 1. The standard InChI is InChI=1S/C13H18NO7P/c1-4-20-22(18,21-5-2)9-10-6-7-11(14(16)17)8-12(10)13(15)19-3/h6-8H,4-5,9H2,1-3H3. The Labute approximate surface area is 128 Å². The Morgan fingerprint density at radius 1 is 1.27 bits per heavy atom. The van der Waals surface area contributed by atoms with Gasteiger partial charge in [-0.05, 0) is 19.4 Å². The van der Waals surface area contributed by atoms with Crippen molar-refractivity contribution in [1.82, 2.24) is 0 Å². The number of ether oxygens (including phenoxy) is 1. The minimum Gasteiger partial charge on any atom is -0.465 e. The van der Waals surface area contributed by atoms with Crippen LogP contribution in [-0.4, -0.2) is 31.2 Å². The van der Waals surface area contributed by atoms with Gasteiger partial charge < -0.3 is 13.8 Å². The van der Waals surface area contributed by atoms with E-state index in [2.05, 4.69) is 4.74 Å². The summed E-state index contributed by atoms with van der Waals surface area (Å²) >= 11 is 0. The van der Waals surface area contributed by atoms with E-state index in [4.69, 9.17) is 9.05 Å². The molecule has 0 saturated carbocycles. The van der Waals surface area contributed by atoms with Crippen molar-refractivity contribution >= 4 is 19.3 Å². The van der Waals surface area contributed by atoms with Crippen LogP contribution < -0.4 is 0 Å². The van der Waals surface area contributed by atoms with E-state index in [9.17, 15) is 19.5 Å². The number of methoxy groups -OCH3 is 1. The molecule has 0 bridgehead atoms. The third-order valence-corrected chi connectivity index (χ3v) is 4.76. The molecule has 0 aliphatic carbocycles. The topological polar surface area (TPSA) is 105 Å². The molecule has 1 aromatic carbocycles. The first kappa shape index (κ1) is 18.3. The Hall–Kier alpha value is -1.76. The fourth-order valence-corrected chi connectivity index (χ4v) is 3.58. The number of carbonyl (C=O) groups is 1. The van der Waals surface area contributed by atoms with Gasteiger partial charge in [-0.25, -0.2) is 4.79 Å². The average Bonchev–Trinajstić information content (AvgIpc) is 2.46. The summed E-state index contributed by atoms with van der Waals surface area (Å²) in [5.41, 5.74) is 0.0193. The molecular formula is C13H18NO7P. The second-order valence-electron chi connectivity index (χ2n) is 4.19. The van der Waals surface area contributed by atoms with Crippen LogP contribution in [0.25, 0.3) is 0 Å². The molecule has 0 fully saturated rings. The molecule has 122 valence electrons. The van der Waals surface area contributed by atoms with Gasteiger partial charge in [0.25, 0.3) is 5.69 Å². The van der Waals surface area contributed by atoms with E-state index in [1.54, 1.807) is 13.8 Å². The van der Waals surface area contributed by atoms with Crippen molar-refractivity contribution in [2.45, 2.75) is 20.0 Å². The lowest BCUT2D eigenvalue weighted by molar-refractivity contribution is -0.384.